The van der Waals surface area contributed by atoms with E-state index in [0.29, 0.717) is 11.3 Å². The molecule has 0 spiro atoms. The number of benzene rings is 1. The van der Waals surface area contributed by atoms with Gasteiger partial charge in [-0.05, 0) is 30.3 Å². The number of hydrogen-bond acceptors (Lipinski definition) is 4. The second kappa shape index (κ2) is 6.31. The van der Waals surface area contributed by atoms with Crippen LogP contribution in [0.5, 0.6) is 0 Å². The van der Waals surface area contributed by atoms with Crippen molar-refractivity contribution < 1.29 is 4.79 Å². The van der Waals surface area contributed by atoms with Crippen LogP contribution < -0.4 is 10.2 Å². The molecule has 3 rings (SSSR count). The summed E-state index contributed by atoms with van der Waals surface area (Å²) in [6.07, 6.45) is 6.88. The molecule has 1 N–H and O–H groups in total. The van der Waals surface area contributed by atoms with Gasteiger partial charge in [0.25, 0.3) is 5.91 Å². The molecule has 0 saturated heterocycles. The zero-order chi connectivity index (χ0) is 16.2. The minimum Gasteiger partial charge on any atom is -0.376 e. The molecule has 0 aliphatic heterocycles. The molecule has 0 saturated carbocycles. The average Bonchev–Trinajstić information content (AvgIpc) is 3.10. The number of carbonyl (C=O) groups is 1. The lowest BCUT2D eigenvalue weighted by molar-refractivity contribution is 0.102. The lowest BCUT2D eigenvalue weighted by Crippen LogP contribution is -2.17. The fraction of sp³-hybridized carbons (Fsp3) is 0.118. The van der Waals surface area contributed by atoms with Crippen LogP contribution in [-0.4, -0.2) is 34.8 Å². The molecule has 0 bridgehead atoms. The first-order valence-electron chi connectivity index (χ1n) is 7.18. The molecule has 6 nitrogen and oxygen atoms in total. The van der Waals surface area contributed by atoms with Crippen molar-refractivity contribution in [1.82, 2.24) is 14.8 Å². The molecule has 0 aliphatic carbocycles. The maximum absolute atomic E-state index is 12.5. The minimum absolute atomic E-state index is 0.185. The predicted octanol–water partition coefficient (Wildman–Crippen LogP) is 2.59. The zero-order valence-electron chi connectivity index (χ0n) is 13.0. The third-order valence-electron chi connectivity index (χ3n) is 3.41. The highest BCUT2D eigenvalue weighted by Gasteiger charge is 2.11. The monoisotopic (exact) mass is 307 g/mol. The van der Waals surface area contributed by atoms with E-state index in [4.69, 9.17) is 0 Å². The molecule has 0 fully saturated rings. The molecule has 0 atom stereocenters. The Morgan fingerprint density at radius 1 is 1.17 bits per heavy atom. The standard InChI is InChI=1S/C17H17N5O/c1-21(2)16-7-9-18-12-15(16)20-17(23)13-5-3-6-14(11-13)22-10-4-8-19-22/h3-12H,1-2H3,(H,20,23). The van der Waals surface area contributed by atoms with Gasteiger partial charge in [0.2, 0.25) is 0 Å². The van der Waals surface area contributed by atoms with Crippen LogP contribution in [-0.2, 0) is 0 Å². The summed E-state index contributed by atoms with van der Waals surface area (Å²) < 4.78 is 1.71. The molecular weight excluding hydrogens is 290 g/mol. The van der Waals surface area contributed by atoms with Gasteiger partial charge in [-0.3, -0.25) is 9.78 Å². The second-order valence-electron chi connectivity index (χ2n) is 5.24. The number of anilines is 2. The van der Waals surface area contributed by atoms with Gasteiger partial charge in [0.05, 0.1) is 23.3 Å². The molecule has 0 aliphatic rings. The number of aromatic nitrogens is 3. The number of amides is 1. The summed E-state index contributed by atoms with van der Waals surface area (Å²) in [5.74, 6) is -0.185. The van der Waals surface area contributed by atoms with Crippen LogP contribution >= 0.6 is 0 Å². The Bertz CT molecular complexity index is 811. The van der Waals surface area contributed by atoms with E-state index in [1.165, 1.54) is 0 Å². The van der Waals surface area contributed by atoms with E-state index in [-0.39, 0.29) is 5.91 Å². The molecule has 2 aromatic heterocycles. The predicted molar refractivity (Wildman–Crippen MR) is 90.1 cm³/mol. The van der Waals surface area contributed by atoms with Gasteiger partial charge < -0.3 is 10.2 Å². The molecule has 116 valence electrons. The Morgan fingerprint density at radius 3 is 2.78 bits per heavy atom. The van der Waals surface area contributed by atoms with Crippen molar-refractivity contribution in [2.45, 2.75) is 0 Å². The maximum Gasteiger partial charge on any atom is 0.255 e. The molecule has 1 aromatic carbocycles. The zero-order valence-corrected chi connectivity index (χ0v) is 13.0. The van der Waals surface area contributed by atoms with Crippen molar-refractivity contribution in [2.24, 2.45) is 0 Å². The average molecular weight is 307 g/mol. The third-order valence-corrected chi connectivity index (χ3v) is 3.41. The lowest BCUT2D eigenvalue weighted by Gasteiger charge is -2.17. The Kier molecular flexibility index (Phi) is 4.05. The number of carbonyl (C=O) groups excluding carboxylic acids is 1. The van der Waals surface area contributed by atoms with Crippen molar-refractivity contribution in [2.75, 3.05) is 24.3 Å². The molecule has 3 aromatic rings. The van der Waals surface area contributed by atoms with Gasteiger partial charge in [-0.2, -0.15) is 5.10 Å². The largest absolute Gasteiger partial charge is 0.376 e. The van der Waals surface area contributed by atoms with Crippen LogP contribution in [0.3, 0.4) is 0 Å². The number of nitrogens with one attached hydrogen (secondary N) is 1. The summed E-state index contributed by atoms with van der Waals surface area (Å²) in [5.41, 5.74) is 2.97. The van der Waals surface area contributed by atoms with Gasteiger partial charge in [0.1, 0.15) is 0 Å². The highest BCUT2D eigenvalue weighted by Crippen LogP contribution is 2.23. The van der Waals surface area contributed by atoms with Crippen molar-refractivity contribution >= 4 is 17.3 Å². The highest BCUT2D eigenvalue weighted by molar-refractivity contribution is 6.06. The Hall–Kier alpha value is -3.15. The second-order valence-corrected chi connectivity index (χ2v) is 5.24. The number of rotatable bonds is 4. The van der Waals surface area contributed by atoms with E-state index in [1.807, 2.05) is 49.5 Å². The first kappa shape index (κ1) is 14.8. The van der Waals surface area contributed by atoms with E-state index >= 15 is 0 Å². The van der Waals surface area contributed by atoms with Crippen molar-refractivity contribution in [3.05, 3.63) is 66.7 Å². The molecule has 0 radical (unpaired) electrons. The van der Waals surface area contributed by atoms with Crippen LogP contribution in [0.1, 0.15) is 10.4 Å². The van der Waals surface area contributed by atoms with Crippen molar-refractivity contribution in [3.8, 4) is 5.69 Å². The minimum atomic E-state index is -0.185. The summed E-state index contributed by atoms with van der Waals surface area (Å²) in [6.45, 7) is 0. The molecule has 23 heavy (non-hydrogen) atoms. The normalized spacial score (nSPS) is 10.3. The van der Waals surface area contributed by atoms with Gasteiger partial charge in [-0.25, -0.2) is 4.68 Å². The smallest absolute Gasteiger partial charge is 0.255 e. The number of nitrogens with zero attached hydrogens (tertiary/aromatic N) is 4. The van der Waals surface area contributed by atoms with Crippen molar-refractivity contribution in [3.63, 3.8) is 0 Å². The fourth-order valence-corrected chi connectivity index (χ4v) is 2.28. The quantitative estimate of drug-likeness (QED) is 0.804. The van der Waals surface area contributed by atoms with Crippen molar-refractivity contribution in [1.29, 1.82) is 0 Å². The number of pyridine rings is 1. The summed E-state index contributed by atoms with van der Waals surface area (Å²) in [5, 5.41) is 7.08. The SMILES string of the molecule is CN(C)c1ccncc1NC(=O)c1cccc(-n2cccn2)c1. The van der Waals surface area contributed by atoms with E-state index in [0.717, 1.165) is 11.4 Å². The van der Waals surface area contributed by atoms with Crippen LogP contribution in [0.25, 0.3) is 5.69 Å². The molecule has 1 amide bonds. The van der Waals surface area contributed by atoms with Crippen LogP contribution in [0.4, 0.5) is 11.4 Å². The molecule has 2 heterocycles. The summed E-state index contributed by atoms with van der Waals surface area (Å²) in [7, 11) is 3.84. The summed E-state index contributed by atoms with van der Waals surface area (Å²) >= 11 is 0. The van der Waals surface area contributed by atoms with Crippen LogP contribution in [0, 0.1) is 0 Å². The summed E-state index contributed by atoms with van der Waals surface area (Å²) in [4.78, 5) is 18.5. The van der Waals surface area contributed by atoms with E-state index in [9.17, 15) is 4.79 Å². The fourth-order valence-electron chi connectivity index (χ4n) is 2.28. The molecule has 6 heteroatoms. The maximum atomic E-state index is 12.5. The molecular formula is C17H17N5O. The van der Waals surface area contributed by atoms with Gasteiger partial charge >= 0.3 is 0 Å². The van der Waals surface area contributed by atoms with Gasteiger partial charge in [0.15, 0.2) is 0 Å². The van der Waals surface area contributed by atoms with E-state index in [1.54, 1.807) is 35.4 Å². The third kappa shape index (κ3) is 3.21. The Morgan fingerprint density at radius 2 is 2.04 bits per heavy atom. The first-order valence-corrected chi connectivity index (χ1v) is 7.18. The van der Waals surface area contributed by atoms with E-state index < -0.39 is 0 Å². The summed E-state index contributed by atoms with van der Waals surface area (Å²) in [6, 6.07) is 11.0. The van der Waals surface area contributed by atoms with Gasteiger partial charge in [-0.1, -0.05) is 6.07 Å². The van der Waals surface area contributed by atoms with E-state index in [2.05, 4.69) is 15.4 Å². The van der Waals surface area contributed by atoms with Crippen LogP contribution in [0.15, 0.2) is 61.2 Å². The van der Waals surface area contributed by atoms with Gasteiger partial charge in [0, 0.05) is 38.2 Å². The van der Waals surface area contributed by atoms with Crippen LogP contribution in [0.2, 0.25) is 0 Å². The van der Waals surface area contributed by atoms with Gasteiger partial charge in [-0.15, -0.1) is 0 Å². The lowest BCUT2D eigenvalue weighted by atomic mass is 10.2. The Balaban J connectivity index is 1.86. The Labute approximate surface area is 134 Å². The number of hydrogen-bond donors (Lipinski definition) is 1. The topological polar surface area (TPSA) is 63.1 Å². The first-order chi connectivity index (χ1) is 11.1. The molecule has 0 unspecified atom stereocenters. The highest BCUT2D eigenvalue weighted by atomic mass is 16.1.